The molecule has 1 aliphatic heterocycles. The SMILES string of the molecule is Cc1c(NC(=O)CC(C)C2CCCNC2)cccc1OCC(F)(F)F. The molecule has 1 saturated heterocycles. The highest BCUT2D eigenvalue weighted by atomic mass is 19.4. The molecule has 7 heteroatoms. The van der Waals surface area contributed by atoms with E-state index in [-0.39, 0.29) is 17.6 Å². The van der Waals surface area contributed by atoms with Crippen LogP contribution < -0.4 is 15.4 Å². The number of rotatable bonds is 6. The molecule has 0 aromatic heterocycles. The summed E-state index contributed by atoms with van der Waals surface area (Å²) in [6, 6.07) is 4.70. The Hall–Kier alpha value is -1.76. The summed E-state index contributed by atoms with van der Waals surface area (Å²) in [6.07, 6.45) is -1.77. The van der Waals surface area contributed by atoms with Crippen molar-refractivity contribution < 1.29 is 22.7 Å². The van der Waals surface area contributed by atoms with Crippen molar-refractivity contribution in [1.82, 2.24) is 5.32 Å². The molecule has 1 aliphatic rings. The van der Waals surface area contributed by atoms with Gasteiger partial charge in [0, 0.05) is 17.7 Å². The predicted molar refractivity (Wildman–Crippen MR) is 90.7 cm³/mol. The van der Waals surface area contributed by atoms with Gasteiger partial charge in [-0.25, -0.2) is 0 Å². The van der Waals surface area contributed by atoms with Crippen molar-refractivity contribution in [3.63, 3.8) is 0 Å². The number of amides is 1. The molecular formula is C18H25F3N2O2. The zero-order chi connectivity index (χ0) is 18.4. The second kappa shape index (κ2) is 8.56. The Balaban J connectivity index is 1.93. The van der Waals surface area contributed by atoms with Gasteiger partial charge < -0.3 is 15.4 Å². The fraction of sp³-hybridized carbons (Fsp3) is 0.611. The third kappa shape index (κ3) is 6.23. The van der Waals surface area contributed by atoms with Crippen LogP contribution in [0.3, 0.4) is 0 Å². The van der Waals surface area contributed by atoms with Gasteiger partial charge in [-0.15, -0.1) is 0 Å². The van der Waals surface area contributed by atoms with E-state index in [2.05, 4.69) is 17.6 Å². The smallest absolute Gasteiger partial charge is 0.422 e. The summed E-state index contributed by atoms with van der Waals surface area (Å²) in [4.78, 5) is 12.3. The summed E-state index contributed by atoms with van der Waals surface area (Å²) in [5.41, 5.74) is 0.978. The monoisotopic (exact) mass is 358 g/mol. The molecule has 2 rings (SSSR count). The van der Waals surface area contributed by atoms with Crippen molar-refractivity contribution >= 4 is 11.6 Å². The van der Waals surface area contributed by atoms with E-state index >= 15 is 0 Å². The predicted octanol–water partition coefficient (Wildman–Crippen LogP) is 3.90. The topological polar surface area (TPSA) is 50.4 Å². The summed E-state index contributed by atoms with van der Waals surface area (Å²) in [6.45, 7) is 4.30. The molecule has 1 aromatic carbocycles. The van der Waals surface area contributed by atoms with E-state index in [9.17, 15) is 18.0 Å². The van der Waals surface area contributed by atoms with Crippen LogP contribution in [0, 0.1) is 18.8 Å². The fourth-order valence-corrected chi connectivity index (χ4v) is 3.09. The number of alkyl halides is 3. The van der Waals surface area contributed by atoms with Crippen molar-refractivity contribution in [1.29, 1.82) is 0 Å². The third-order valence-electron chi connectivity index (χ3n) is 4.60. The molecule has 2 atom stereocenters. The number of carbonyl (C=O) groups is 1. The van der Waals surface area contributed by atoms with Gasteiger partial charge in [-0.2, -0.15) is 13.2 Å². The second-order valence-corrected chi connectivity index (χ2v) is 6.67. The van der Waals surface area contributed by atoms with E-state index in [1.165, 1.54) is 6.07 Å². The van der Waals surface area contributed by atoms with Gasteiger partial charge in [0.1, 0.15) is 5.75 Å². The number of ether oxygens (including phenoxy) is 1. The minimum Gasteiger partial charge on any atom is -0.484 e. The molecule has 140 valence electrons. The highest BCUT2D eigenvalue weighted by molar-refractivity contribution is 5.92. The van der Waals surface area contributed by atoms with Crippen LogP contribution in [0.15, 0.2) is 18.2 Å². The molecule has 1 fully saturated rings. The van der Waals surface area contributed by atoms with E-state index < -0.39 is 12.8 Å². The zero-order valence-corrected chi connectivity index (χ0v) is 14.6. The van der Waals surface area contributed by atoms with Crippen LogP contribution in [-0.2, 0) is 4.79 Å². The van der Waals surface area contributed by atoms with E-state index in [1.54, 1.807) is 19.1 Å². The Morgan fingerprint density at radius 3 is 2.84 bits per heavy atom. The van der Waals surface area contributed by atoms with Gasteiger partial charge in [0.2, 0.25) is 5.91 Å². The Bertz CT molecular complexity index is 584. The van der Waals surface area contributed by atoms with Gasteiger partial charge in [0.15, 0.2) is 6.61 Å². The lowest BCUT2D eigenvalue weighted by Crippen LogP contribution is -2.34. The molecule has 2 unspecified atom stereocenters. The first kappa shape index (κ1) is 19.6. The third-order valence-corrected chi connectivity index (χ3v) is 4.60. The summed E-state index contributed by atoms with van der Waals surface area (Å²) >= 11 is 0. The van der Waals surface area contributed by atoms with Crippen molar-refractivity contribution in [3.05, 3.63) is 23.8 Å². The summed E-state index contributed by atoms with van der Waals surface area (Å²) < 4.78 is 41.7. The fourth-order valence-electron chi connectivity index (χ4n) is 3.09. The minimum absolute atomic E-state index is 0.125. The normalized spacial score (nSPS) is 19.3. The molecule has 0 saturated carbocycles. The molecule has 1 aromatic rings. The summed E-state index contributed by atoms with van der Waals surface area (Å²) in [5.74, 6) is 0.716. The molecule has 2 N–H and O–H groups in total. The minimum atomic E-state index is -4.39. The Morgan fingerprint density at radius 1 is 1.44 bits per heavy atom. The van der Waals surface area contributed by atoms with Crippen molar-refractivity contribution in [3.8, 4) is 5.75 Å². The molecular weight excluding hydrogens is 333 g/mol. The van der Waals surface area contributed by atoms with Crippen molar-refractivity contribution in [2.24, 2.45) is 11.8 Å². The average Bonchev–Trinajstić information content (AvgIpc) is 2.55. The van der Waals surface area contributed by atoms with E-state index in [4.69, 9.17) is 4.74 Å². The molecule has 0 aliphatic carbocycles. The number of hydrogen-bond acceptors (Lipinski definition) is 3. The van der Waals surface area contributed by atoms with Gasteiger partial charge >= 0.3 is 6.18 Å². The molecule has 1 amide bonds. The summed E-state index contributed by atoms with van der Waals surface area (Å²) in [7, 11) is 0. The van der Waals surface area contributed by atoms with Crippen molar-refractivity contribution in [2.75, 3.05) is 25.0 Å². The summed E-state index contributed by atoms with van der Waals surface area (Å²) in [5, 5.41) is 6.14. The number of carbonyl (C=O) groups excluding carboxylic acids is 1. The quantitative estimate of drug-likeness (QED) is 0.811. The maximum absolute atomic E-state index is 12.3. The molecule has 0 radical (unpaired) electrons. The number of piperidine rings is 1. The second-order valence-electron chi connectivity index (χ2n) is 6.67. The van der Waals surface area contributed by atoms with Crippen LogP contribution in [0.5, 0.6) is 5.75 Å². The van der Waals surface area contributed by atoms with Crippen LogP contribution in [0.2, 0.25) is 0 Å². The first-order valence-corrected chi connectivity index (χ1v) is 8.56. The average molecular weight is 358 g/mol. The van der Waals surface area contributed by atoms with Crippen LogP contribution in [0.4, 0.5) is 18.9 Å². The van der Waals surface area contributed by atoms with Crippen LogP contribution in [0.1, 0.15) is 31.7 Å². The van der Waals surface area contributed by atoms with Crippen LogP contribution in [0.25, 0.3) is 0 Å². The number of nitrogens with one attached hydrogen (secondary N) is 2. The van der Waals surface area contributed by atoms with E-state index in [1.807, 2.05) is 0 Å². The van der Waals surface area contributed by atoms with E-state index in [0.29, 0.717) is 23.6 Å². The lowest BCUT2D eigenvalue weighted by Gasteiger charge is -2.28. The molecule has 0 spiro atoms. The van der Waals surface area contributed by atoms with Gasteiger partial charge in [0.25, 0.3) is 0 Å². The number of hydrogen-bond donors (Lipinski definition) is 2. The number of anilines is 1. The first-order chi connectivity index (χ1) is 11.8. The highest BCUT2D eigenvalue weighted by Gasteiger charge is 2.29. The van der Waals surface area contributed by atoms with Gasteiger partial charge in [-0.3, -0.25) is 4.79 Å². The Kier molecular flexibility index (Phi) is 6.70. The number of benzene rings is 1. The van der Waals surface area contributed by atoms with E-state index in [0.717, 1.165) is 25.9 Å². The lowest BCUT2D eigenvalue weighted by molar-refractivity contribution is -0.153. The molecule has 0 bridgehead atoms. The van der Waals surface area contributed by atoms with Gasteiger partial charge in [-0.05, 0) is 56.8 Å². The molecule has 1 heterocycles. The number of halogens is 3. The van der Waals surface area contributed by atoms with Gasteiger partial charge in [-0.1, -0.05) is 13.0 Å². The maximum Gasteiger partial charge on any atom is 0.422 e. The Labute approximate surface area is 146 Å². The Morgan fingerprint density at radius 2 is 2.20 bits per heavy atom. The zero-order valence-electron chi connectivity index (χ0n) is 14.6. The van der Waals surface area contributed by atoms with Crippen LogP contribution in [-0.4, -0.2) is 31.8 Å². The van der Waals surface area contributed by atoms with Crippen LogP contribution >= 0.6 is 0 Å². The maximum atomic E-state index is 12.3. The molecule has 25 heavy (non-hydrogen) atoms. The molecule has 4 nitrogen and oxygen atoms in total. The van der Waals surface area contributed by atoms with Crippen molar-refractivity contribution in [2.45, 2.75) is 39.3 Å². The first-order valence-electron chi connectivity index (χ1n) is 8.56. The largest absolute Gasteiger partial charge is 0.484 e. The lowest BCUT2D eigenvalue weighted by atomic mass is 9.85. The highest BCUT2D eigenvalue weighted by Crippen LogP contribution is 2.28. The van der Waals surface area contributed by atoms with Gasteiger partial charge in [0.05, 0.1) is 0 Å². The standard InChI is InChI=1S/C18H25F3N2O2/c1-12(14-5-4-8-22-10-14)9-17(24)23-15-6-3-7-16(13(15)2)25-11-18(19,20)21/h3,6-7,12,14,22H,4-5,8-11H2,1-2H3,(H,23,24).